The first-order valence-corrected chi connectivity index (χ1v) is 10.3. The summed E-state index contributed by atoms with van der Waals surface area (Å²) in [4.78, 5) is 14.1. The molecule has 27 heavy (non-hydrogen) atoms. The molecule has 1 aromatic heterocycles. The van der Waals surface area contributed by atoms with Crippen molar-refractivity contribution in [1.82, 2.24) is 24.7 Å². The van der Waals surface area contributed by atoms with E-state index in [1.54, 1.807) is 0 Å². The third kappa shape index (κ3) is 5.02. The van der Waals surface area contributed by atoms with E-state index in [4.69, 9.17) is 9.73 Å². The predicted molar refractivity (Wildman–Crippen MR) is 109 cm³/mol. The molecule has 0 aliphatic carbocycles. The number of imidazole rings is 1. The largest absolute Gasteiger partial charge is 0.378 e. The van der Waals surface area contributed by atoms with Crippen molar-refractivity contribution < 1.29 is 4.74 Å². The van der Waals surface area contributed by atoms with Crippen LogP contribution in [0.1, 0.15) is 40.2 Å². The Labute approximate surface area is 163 Å². The molecule has 7 heteroatoms. The highest BCUT2D eigenvalue weighted by molar-refractivity contribution is 5.80. The van der Waals surface area contributed by atoms with Crippen molar-refractivity contribution in [3.63, 3.8) is 0 Å². The van der Waals surface area contributed by atoms with Gasteiger partial charge in [0.25, 0.3) is 0 Å². The number of aromatic nitrogens is 2. The van der Waals surface area contributed by atoms with Gasteiger partial charge in [-0.3, -0.25) is 9.89 Å². The van der Waals surface area contributed by atoms with Gasteiger partial charge in [-0.15, -0.1) is 0 Å². The topological polar surface area (TPSA) is 57.9 Å². The predicted octanol–water partition coefficient (Wildman–Crippen LogP) is 1.84. The minimum Gasteiger partial charge on any atom is -0.378 e. The molecule has 0 radical (unpaired) electrons. The molecule has 2 unspecified atom stereocenters. The minimum absolute atomic E-state index is 0.0964. The van der Waals surface area contributed by atoms with Crippen LogP contribution in [-0.4, -0.2) is 83.3 Å². The van der Waals surface area contributed by atoms with Gasteiger partial charge in [-0.2, -0.15) is 0 Å². The molecule has 2 aliphatic heterocycles. The maximum Gasteiger partial charge on any atom is 0.194 e. The summed E-state index contributed by atoms with van der Waals surface area (Å²) in [6, 6.07) is 0.447. The van der Waals surface area contributed by atoms with Crippen molar-refractivity contribution in [2.24, 2.45) is 10.9 Å². The summed E-state index contributed by atoms with van der Waals surface area (Å²) in [6.07, 6.45) is 7.06. The normalized spacial score (nSPS) is 27.0. The second-order valence-electron chi connectivity index (χ2n) is 8.38. The molecule has 7 nitrogen and oxygen atoms in total. The summed E-state index contributed by atoms with van der Waals surface area (Å²) in [5.41, 5.74) is 0.0964. The number of hydrogen-bond acceptors (Lipinski definition) is 4. The maximum atomic E-state index is 5.63. The van der Waals surface area contributed by atoms with E-state index in [0.29, 0.717) is 12.0 Å². The molecule has 2 fully saturated rings. The van der Waals surface area contributed by atoms with Crippen LogP contribution in [0.15, 0.2) is 23.7 Å². The van der Waals surface area contributed by atoms with Crippen LogP contribution >= 0.6 is 0 Å². The zero-order valence-corrected chi connectivity index (χ0v) is 17.4. The van der Waals surface area contributed by atoms with Crippen molar-refractivity contribution in [3.05, 3.63) is 18.7 Å². The van der Waals surface area contributed by atoms with Gasteiger partial charge in [0, 0.05) is 50.7 Å². The zero-order chi connectivity index (χ0) is 19.3. The molecule has 1 aromatic rings. The number of ether oxygens (including phenoxy) is 1. The number of morpholine rings is 1. The number of piperidine rings is 1. The van der Waals surface area contributed by atoms with Gasteiger partial charge < -0.3 is 19.5 Å². The molecule has 3 rings (SSSR count). The van der Waals surface area contributed by atoms with E-state index >= 15 is 0 Å². The molecular formula is C20H36N6O. The Morgan fingerprint density at radius 3 is 2.93 bits per heavy atom. The summed E-state index contributed by atoms with van der Waals surface area (Å²) in [5.74, 6) is 1.69. The number of hydrogen-bond donors (Lipinski definition) is 1. The first-order valence-electron chi connectivity index (χ1n) is 10.3. The molecule has 0 bridgehead atoms. The third-order valence-electron chi connectivity index (χ3n) is 5.91. The fraction of sp³-hybridized carbons (Fsp3) is 0.800. The third-order valence-corrected chi connectivity index (χ3v) is 5.91. The molecule has 2 atom stereocenters. The van der Waals surface area contributed by atoms with E-state index in [2.05, 4.69) is 58.6 Å². The first-order chi connectivity index (χ1) is 13.0. The Hall–Kier alpha value is -1.60. The molecule has 2 aliphatic rings. The van der Waals surface area contributed by atoms with E-state index in [-0.39, 0.29) is 5.54 Å². The SMILES string of the molecule is CCNC(=NCCN1CCOCC1(C)C)N1CCC(C)C(n2ccnc2)C1. The summed E-state index contributed by atoms with van der Waals surface area (Å²) in [7, 11) is 0. The van der Waals surface area contributed by atoms with E-state index in [1.165, 1.54) is 6.42 Å². The molecule has 0 spiro atoms. The monoisotopic (exact) mass is 376 g/mol. The van der Waals surface area contributed by atoms with Gasteiger partial charge in [0.15, 0.2) is 5.96 Å². The second kappa shape index (κ2) is 9.06. The number of guanidine groups is 1. The molecule has 1 N–H and O–H groups in total. The lowest BCUT2D eigenvalue weighted by atomic mass is 9.93. The molecule has 152 valence electrons. The number of likely N-dealkylation sites (tertiary alicyclic amines) is 1. The number of nitrogens with zero attached hydrogens (tertiary/aromatic N) is 5. The highest BCUT2D eigenvalue weighted by atomic mass is 16.5. The second-order valence-corrected chi connectivity index (χ2v) is 8.38. The Balaban J connectivity index is 1.62. The fourth-order valence-corrected chi connectivity index (χ4v) is 4.10. The van der Waals surface area contributed by atoms with Gasteiger partial charge in [-0.05, 0) is 33.1 Å². The molecular weight excluding hydrogens is 340 g/mol. The van der Waals surface area contributed by atoms with Crippen LogP contribution in [0.5, 0.6) is 0 Å². The van der Waals surface area contributed by atoms with Gasteiger partial charge >= 0.3 is 0 Å². The quantitative estimate of drug-likeness (QED) is 0.628. The highest BCUT2D eigenvalue weighted by Crippen LogP contribution is 2.27. The Morgan fingerprint density at radius 1 is 1.37 bits per heavy atom. The van der Waals surface area contributed by atoms with Gasteiger partial charge in [0.1, 0.15) is 0 Å². The van der Waals surface area contributed by atoms with Gasteiger partial charge in [-0.1, -0.05) is 6.92 Å². The summed E-state index contributed by atoms with van der Waals surface area (Å²) in [6.45, 7) is 16.3. The Kier molecular flexibility index (Phi) is 6.76. The van der Waals surface area contributed by atoms with Crippen LogP contribution in [0.25, 0.3) is 0 Å². The van der Waals surface area contributed by atoms with Crippen LogP contribution in [0.2, 0.25) is 0 Å². The number of nitrogens with one attached hydrogen (secondary N) is 1. The summed E-state index contributed by atoms with van der Waals surface area (Å²) >= 11 is 0. The molecule has 0 aromatic carbocycles. The van der Waals surface area contributed by atoms with Crippen molar-refractivity contribution in [2.75, 3.05) is 52.5 Å². The highest BCUT2D eigenvalue weighted by Gasteiger charge is 2.31. The first kappa shape index (κ1) is 20.1. The summed E-state index contributed by atoms with van der Waals surface area (Å²) < 4.78 is 7.87. The van der Waals surface area contributed by atoms with E-state index < -0.39 is 0 Å². The smallest absolute Gasteiger partial charge is 0.194 e. The van der Waals surface area contributed by atoms with Crippen molar-refractivity contribution in [2.45, 2.75) is 45.7 Å². The van der Waals surface area contributed by atoms with Crippen LogP contribution in [0.3, 0.4) is 0 Å². The average molecular weight is 377 g/mol. The Bertz CT molecular complexity index is 600. The van der Waals surface area contributed by atoms with Gasteiger partial charge in [-0.25, -0.2) is 4.98 Å². The molecule has 3 heterocycles. The standard InChI is InChI=1S/C20H36N6O/c1-5-22-19(23-8-11-26-12-13-27-15-20(26,3)4)24-9-6-17(2)18(14-24)25-10-7-21-16-25/h7,10,16-18H,5-6,8-9,11-15H2,1-4H3,(H,22,23). The summed E-state index contributed by atoms with van der Waals surface area (Å²) in [5, 5.41) is 3.50. The minimum atomic E-state index is 0.0964. The molecule has 2 saturated heterocycles. The van der Waals surface area contributed by atoms with E-state index in [0.717, 1.165) is 58.4 Å². The zero-order valence-electron chi connectivity index (χ0n) is 17.4. The maximum absolute atomic E-state index is 5.63. The molecule has 0 saturated carbocycles. The Morgan fingerprint density at radius 2 is 2.22 bits per heavy atom. The lowest BCUT2D eigenvalue weighted by Crippen LogP contribution is -2.54. The molecule has 0 amide bonds. The van der Waals surface area contributed by atoms with Crippen molar-refractivity contribution in [3.8, 4) is 0 Å². The van der Waals surface area contributed by atoms with Crippen LogP contribution < -0.4 is 5.32 Å². The van der Waals surface area contributed by atoms with Gasteiger partial charge in [0.2, 0.25) is 0 Å². The van der Waals surface area contributed by atoms with Gasteiger partial charge in [0.05, 0.1) is 32.1 Å². The van der Waals surface area contributed by atoms with E-state index in [9.17, 15) is 0 Å². The van der Waals surface area contributed by atoms with E-state index in [1.807, 2.05) is 12.5 Å². The fourth-order valence-electron chi connectivity index (χ4n) is 4.10. The lowest BCUT2D eigenvalue weighted by molar-refractivity contribution is -0.0491. The number of rotatable bonds is 5. The number of aliphatic imine (C=N–C) groups is 1. The van der Waals surface area contributed by atoms with Crippen LogP contribution in [0, 0.1) is 5.92 Å². The van der Waals surface area contributed by atoms with Crippen LogP contribution in [-0.2, 0) is 4.74 Å². The average Bonchev–Trinajstić information content (AvgIpc) is 3.17. The van der Waals surface area contributed by atoms with Crippen molar-refractivity contribution >= 4 is 5.96 Å². The van der Waals surface area contributed by atoms with Crippen molar-refractivity contribution in [1.29, 1.82) is 0 Å². The lowest BCUT2D eigenvalue weighted by Gasteiger charge is -2.42. The van der Waals surface area contributed by atoms with Crippen LogP contribution in [0.4, 0.5) is 0 Å².